The molecule has 0 spiro atoms. The first-order chi connectivity index (χ1) is 8.75. The average Bonchev–Trinajstić information content (AvgIpc) is 2.70. The minimum atomic E-state index is 0.255. The number of fused-ring (bicyclic) bond motifs is 3. The van der Waals surface area contributed by atoms with Crippen LogP contribution in [0, 0.1) is 6.92 Å². The second kappa shape index (κ2) is 3.45. The lowest BCUT2D eigenvalue weighted by molar-refractivity contribution is 0.0874. The number of aryl methyl sites for hydroxylation is 1. The first kappa shape index (κ1) is 10.3. The fraction of sp³-hybridized carbons (Fsp3) is 0.400. The summed E-state index contributed by atoms with van der Waals surface area (Å²) >= 11 is 0. The van der Waals surface area contributed by atoms with E-state index in [9.17, 15) is 4.79 Å². The molecule has 0 bridgehead atoms. The maximum atomic E-state index is 12.2. The molecule has 3 heterocycles. The molecule has 1 atom stereocenters. The van der Waals surface area contributed by atoms with E-state index in [0.717, 1.165) is 24.9 Å². The second-order valence-corrected chi connectivity index (χ2v) is 5.41. The van der Waals surface area contributed by atoms with Crippen LogP contribution in [-0.4, -0.2) is 17.0 Å². The SMILES string of the molecule is Cc1ccc2c(c1)c1c3n2C(=O)CCC3NCC1. The largest absolute Gasteiger partial charge is 0.308 e. The van der Waals surface area contributed by atoms with E-state index >= 15 is 0 Å². The van der Waals surface area contributed by atoms with Crippen LogP contribution in [0.1, 0.15) is 40.5 Å². The third kappa shape index (κ3) is 1.20. The van der Waals surface area contributed by atoms with Crippen molar-refractivity contribution in [3.63, 3.8) is 0 Å². The Kier molecular flexibility index (Phi) is 1.98. The lowest BCUT2D eigenvalue weighted by atomic mass is 9.94. The van der Waals surface area contributed by atoms with Crippen LogP contribution in [0.5, 0.6) is 0 Å². The van der Waals surface area contributed by atoms with E-state index in [-0.39, 0.29) is 5.91 Å². The van der Waals surface area contributed by atoms with E-state index in [1.807, 2.05) is 4.57 Å². The topological polar surface area (TPSA) is 34.0 Å². The molecule has 2 aliphatic rings. The summed E-state index contributed by atoms with van der Waals surface area (Å²) in [4.78, 5) is 12.2. The van der Waals surface area contributed by atoms with Crippen molar-refractivity contribution >= 4 is 16.8 Å². The molecule has 3 nitrogen and oxygen atoms in total. The molecule has 4 rings (SSSR count). The summed E-state index contributed by atoms with van der Waals surface area (Å²) in [6.07, 6.45) is 2.63. The van der Waals surface area contributed by atoms with Gasteiger partial charge in [0.15, 0.2) is 0 Å². The van der Waals surface area contributed by atoms with Crippen molar-refractivity contribution < 1.29 is 4.79 Å². The Bertz CT molecular complexity index is 669. The molecule has 0 saturated heterocycles. The summed E-state index contributed by atoms with van der Waals surface area (Å²) in [6.45, 7) is 3.14. The summed E-state index contributed by atoms with van der Waals surface area (Å²) < 4.78 is 1.96. The highest BCUT2D eigenvalue weighted by molar-refractivity contribution is 5.97. The van der Waals surface area contributed by atoms with Gasteiger partial charge in [0.25, 0.3) is 0 Å². The summed E-state index contributed by atoms with van der Waals surface area (Å²) in [5, 5.41) is 4.82. The minimum Gasteiger partial charge on any atom is -0.308 e. The Balaban J connectivity index is 2.15. The van der Waals surface area contributed by atoms with Gasteiger partial charge in [-0.15, -0.1) is 0 Å². The molecule has 1 aromatic heterocycles. The number of nitrogens with one attached hydrogen (secondary N) is 1. The molecule has 1 aromatic carbocycles. The number of nitrogens with zero attached hydrogens (tertiary/aromatic N) is 1. The summed E-state index contributed by atoms with van der Waals surface area (Å²) in [5.74, 6) is 0.255. The van der Waals surface area contributed by atoms with Crippen molar-refractivity contribution in [3.8, 4) is 0 Å². The van der Waals surface area contributed by atoms with Crippen molar-refractivity contribution in [3.05, 3.63) is 35.0 Å². The number of hydrogen-bond donors (Lipinski definition) is 1. The van der Waals surface area contributed by atoms with Crippen molar-refractivity contribution in [2.45, 2.75) is 32.2 Å². The van der Waals surface area contributed by atoms with E-state index < -0.39 is 0 Å². The van der Waals surface area contributed by atoms with Gasteiger partial charge in [0.2, 0.25) is 5.91 Å². The molecule has 3 heteroatoms. The lowest BCUT2D eigenvalue weighted by Gasteiger charge is -2.29. The summed E-state index contributed by atoms with van der Waals surface area (Å²) in [5.41, 5.74) is 5.00. The van der Waals surface area contributed by atoms with Gasteiger partial charge in [-0.2, -0.15) is 0 Å². The fourth-order valence-electron chi connectivity index (χ4n) is 3.47. The Hall–Kier alpha value is -1.61. The molecule has 18 heavy (non-hydrogen) atoms. The van der Waals surface area contributed by atoms with Crippen LogP contribution in [0.2, 0.25) is 0 Å². The number of carbonyl (C=O) groups is 1. The summed E-state index contributed by atoms with van der Waals surface area (Å²) in [6, 6.07) is 6.80. The maximum absolute atomic E-state index is 12.2. The van der Waals surface area contributed by atoms with Gasteiger partial charge in [-0.25, -0.2) is 0 Å². The Labute approximate surface area is 106 Å². The van der Waals surface area contributed by atoms with Gasteiger partial charge in [0.05, 0.1) is 5.52 Å². The number of carbonyl (C=O) groups excluding carboxylic acids is 1. The van der Waals surface area contributed by atoms with Crippen LogP contribution in [0.25, 0.3) is 10.9 Å². The van der Waals surface area contributed by atoms with E-state index in [2.05, 4.69) is 30.4 Å². The normalized spacial score (nSPS) is 22.3. The van der Waals surface area contributed by atoms with Crippen LogP contribution in [-0.2, 0) is 6.42 Å². The molecule has 0 aliphatic carbocycles. The molecule has 2 aliphatic heterocycles. The van der Waals surface area contributed by atoms with Gasteiger partial charge in [-0.1, -0.05) is 11.6 Å². The molecular weight excluding hydrogens is 224 g/mol. The highest BCUT2D eigenvalue weighted by Crippen LogP contribution is 2.38. The molecule has 0 fully saturated rings. The van der Waals surface area contributed by atoms with E-state index in [0.29, 0.717) is 12.5 Å². The van der Waals surface area contributed by atoms with Gasteiger partial charge in [-0.3, -0.25) is 9.36 Å². The van der Waals surface area contributed by atoms with Crippen LogP contribution < -0.4 is 5.32 Å². The first-order valence-electron chi connectivity index (χ1n) is 6.66. The van der Waals surface area contributed by atoms with Gasteiger partial charge >= 0.3 is 0 Å². The molecule has 0 amide bonds. The monoisotopic (exact) mass is 240 g/mol. The Morgan fingerprint density at radius 3 is 3.11 bits per heavy atom. The smallest absolute Gasteiger partial charge is 0.231 e. The molecule has 0 saturated carbocycles. The van der Waals surface area contributed by atoms with Crippen molar-refractivity contribution in [1.29, 1.82) is 0 Å². The number of hydrogen-bond acceptors (Lipinski definition) is 2. The Morgan fingerprint density at radius 1 is 1.33 bits per heavy atom. The average molecular weight is 240 g/mol. The minimum absolute atomic E-state index is 0.255. The van der Waals surface area contributed by atoms with Gasteiger partial charge in [-0.05, 0) is 44.0 Å². The van der Waals surface area contributed by atoms with Crippen LogP contribution >= 0.6 is 0 Å². The van der Waals surface area contributed by atoms with Crippen molar-refractivity contribution in [2.24, 2.45) is 0 Å². The predicted molar refractivity (Wildman–Crippen MR) is 71.0 cm³/mol. The molecule has 1 unspecified atom stereocenters. The van der Waals surface area contributed by atoms with E-state index in [4.69, 9.17) is 0 Å². The number of rotatable bonds is 0. The first-order valence-corrected chi connectivity index (χ1v) is 6.66. The van der Waals surface area contributed by atoms with Crippen molar-refractivity contribution in [1.82, 2.24) is 9.88 Å². The van der Waals surface area contributed by atoms with E-state index in [1.54, 1.807) is 0 Å². The lowest BCUT2D eigenvalue weighted by Crippen LogP contribution is -2.36. The van der Waals surface area contributed by atoms with E-state index in [1.165, 1.54) is 22.2 Å². The number of aromatic nitrogens is 1. The zero-order valence-corrected chi connectivity index (χ0v) is 10.5. The summed E-state index contributed by atoms with van der Waals surface area (Å²) in [7, 11) is 0. The molecule has 92 valence electrons. The van der Waals surface area contributed by atoms with Crippen molar-refractivity contribution in [2.75, 3.05) is 6.54 Å². The molecular formula is C15H16N2O. The molecule has 0 radical (unpaired) electrons. The zero-order valence-electron chi connectivity index (χ0n) is 10.5. The molecule has 1 N–H and O–H groups in total. The van der Waals surface area contributed by atoms with Crippen LogP contribution in [0.15, 0.2) is 18.2 Å². The number of benzene rings is 1. The predicted octanol–water partition coefficient (Wildman–Crippen LogP) is 2.57. The van der Waals surface area contributed by atoms with Gasteiger partial charge in [0.1, 0.15) is 0 Å². The van der Waals surface area contributed by atoms with Gasteiger partial charge in [0, 0.05) is 23.5 Å². The zero-order chi connectivity index (χ0) is 12.3. The fourth-order valence-corrected chi connectivity index (χ4v) is 3.47. The highest BCUT2D eigenvalue weighted by Gasteiger charge is 2.33. The van der Waals surface area contributed by atoms with Gasteiger partial charge < -0.3 is 5.32 Å². The molecule has 2 aromatic rings. The standard InChI is InChI=1S/C15H16N2O/c1-9-2-4-13-11(8-9)10-6-7-16-12-3-5-14(18)17(13)15(10)12/h2,4,8,12,16H,3,5-7H2,1H3. The Morgan fingerprint density at radius 2 is 2.22 bits per heavy atom. The highest BCUT2D eigenvalue weighted by atomic mass is 16.2. The maximum Gasteiger partial charge on any atom is 0.231 e. The van der Waals surface area contributed by atoms with Crippen LogP contribution in [0.4, 0.5) is 0 Å². The second-order valence-electron chi connectivity index (χ2n) is 5.41. The van der Waals surface area contributed by atoms with Crippen LogP contribution in [0.3, 0.4) is 0 Å². The third-order valence-corrected chi connectivity index (χ3v) is 4.26. The quantitative estimate of drug-likeness (QED) is 0.768. The third-order valence-electron chi connectivity index (χ3n) is 4.26.